The number of hydrogen-bond acceptors (Lipinski definition) is 6. The van der Waals surface area contributed by atoms with E-state index in [-0.39, 0.29) is 46.8 Å². The van der Waals surface area contributed by atoms with Gasteiger partial charge in [0.2, 0.25) is 11.8 Å². The molecule has 1 fully saturated rings. The van der Waals surface area contributed by atoms with Gasteiger partial charge in [-0.25, -0.2) is 23.7 Å². The topological polar surface area (TPSA) is 119 Å². The Labute approximate surface area is 219 Å². The zero-order chi connectivity index (χ0) is 26.6. The summed E-state index contributed by atoms with van der Waals surface area (Å²) < 4.78 is 30.4. The number of carbonyl (C=O) groups is 2. The average molecular weight is 572 g/mol. The van der Waals surface area contributed by atoms with Crippen molar-refractivity contribution in [2.24, 2.45) is 5.41 Å². The fourth-order valence-electron chi connectivity index (χ4n) is 5.01. The average Bonchev–Trinajstić information content (AvgIpc) is 3.25. The molecular weight excluding hydrogens is 548 g/mol. The van der Waals surface area contributed by atoms with Crippen molar-refractivity contribution < 1.29 is 18.4 Å². The van der Waals surface area contributed by atoms with Gasteiger partial charge < -0.3 is 20.5 Å². The molecule has 0 radical (unpaired) electrons. The molecule has 192 valence electrons. The second kappa shape index (κ2) is 9.02. The van der Waals surface area contributed by atoms with Crippen LogP contribution in [-0.4, -0.2) is 48.3 Å². The van der Waals surface area contributed by atoms with Crippen LogP contribution in [0.4, 0.5) is 20.4 Å². The Morgan fingerprint density at radius 1 is 1.22 bits per heavy atom. The minimum atomic E-state index is -1.06. The largest absolute Gasteiger partial charge is 0.383 e. The van der Waals surface area contributed by atoms with Gasteiger partial charge in [-0.1, -0.05) is 19.9 Å². The number of nitrogens with zero attached hydrogens (tertiary/aromatic N) is 5. The molecule has 3 N–H and O–H groups in total. The van der Waals surface area contributed by atoms with Crippen molar-refractivity contribution in [3.8, 4) is 0 Å². The lowest BCUT2D eigenvalue weighted by Gasteiger charge is -2.31. The third-order valence-electron chi connectivity index (χ3n) is 7.16. The molecule has 12 heteroatoms. The van der Waals surface area contributed by atoms with Crippen LogP contribution in [0.15, 0.2) is 41.3 Å². The summed E-state index contributed by atoms with van der Waals surface area (Å²) in [6, 6.07) is 6.13. The number of halogens is 3. The van der Waals surface area contributed by atoms with Crippen molar-refractivity contribution in [3.63, 3.8) is 0 Å². The molecule has 2 amide bonds. The minimum Gasteiger partial charge on any atom is -0.383 e. The Morgan fingerprint density at radius 3 is 2.68 bits per heavy atom. The minimum absolute atomic E-state index is 0.0849. The summed E-state index contributed by atoms with van der Waals surface area (Å²) in [6.07, 6.45) is 1.66. The van der Waals surface area contributed by atoms with E-state index in [1.807, 2.05) is 20.8 Å². The molecule has 0 unspecified atom stereocenters. The molecule has 0 saturated carbocycles. The number of hydrogen-bond donors (Lipinski definition) is 2. The van der Waals surface area contributed by atoms with E-state index in [4.69, 9.17) is 5.73 Å². The van der Waals surface area contributed by atoms with E-state index < -0.39 is 17.7 Å². The van der Waals surface area contributed by atoms with Crippen LogP contribution in [0.25, 0.3) is 21.9 Å². The van der Waals surface area contributed by atoms with Gasteiger partial charge in [0.1, 0.15) is 40.8 Å². The quantitative estimate of drug-likeness (QED) is 0.353. The maximum absolute atomic E-state index is 14.2. The van der Waals surface area contributed by atoms with Gasteiger partial charge in [-0.15, -0.1) is 0 Å². The Morgan fingerprint density at radius 2 is 1.95 bits per heavy atom. The summed E-state index contributed by atoms with van der Waals surface area (Å²) in [7, 11) is 0. The van der Waals surface area contributed by atoms with Crippen LogP contribution >= 0.6 is 15.9 Å². The van der Waals surface area contributed by atoms with Crippen molar-refractivity contribution in [1.82, 2.24) is 24.4 Å². The molecule has 5 rings (SSSR count). The third kappa shape index (κ3) is 4.28. The van der Waals surface area contributed by atoms with E-state index in [2.05, 4.69) is 36.2 Å². The molecule has 0 spiro atoms. The van der Waals surface area contributed by atoms with Gasteiger partial charge in [-0.2, -0.15) is 0 Å². The first kappa shape index (κ1) is 25.0. The number of rotatable bonds is 4. The lowest BCUT2D eigenvalue weighted by molar-refractivity contribution is -0.139. The van der Waals surface area contributed by atoms with Gasteiger partial charge in [0.05, 0.1) is 10.9 Å². The standard InChI is InChI=1S/C25H24BrF2N7O2/c1-12-25(2,3)9-17(24(37)33-19-6-4-5-18(26)32-19)35(12)20(36)10-34-16-8-15(28)14(27)7-13(16)21-22(29)30-11-31-23(21)34/h4-8,11-12,17H,9-10H2,1-3H3,(H2,29,30,31)(H,32,33,37)/t12-,17+/m1/s1. The highest BCUT2D eigenvalue weighted by Gasteiger charge is 2.49. The first-order valence-corrected chi connectivity index (χ1v) is 12.4. The SMILES string of the molecule is C[C@H]1N(C(=O)Cn2c3cc(F)c(F)cc3c3c(N)ncnc32)[C@H](C(=O)Nc2cccc(Br)n2)CC1(C)C. The summed E-state index contributed by atoms with van der Waals surface area (Å²) in [4.78, 5) is 41.2. The van der Waals surface area contributed by atoms with Crippen molar-refractivity contribution in [1.29, 1.82) is 0 Å². The van der Waals surface area contributed by atoms with E-state index in [9.17, 15) is 18.4 Å². The zero-order valence-electron chi connectivity index (χ0n) is 20.3. The monoisotopic (exact) mass is 571 g/mol. The summed E-state index contributed by atoms with van der Waals surface area (Å²) >= 11 is 3.29. The number of nitrogen functional groups attached to an aromatic ring is 1. The Hall–Kier alpha value is -3.67. The number of nitrogens with two attached hydrogens (primary N) is 1. The van der Waals surface area contributed by atoms with Crippen LogP contribution in [-0.2, 0) is 16.1 Å². The number of aromatic nitrogens is 4. The maximum atomic E-state index is 14.2. The lowest BCUT2D eigenvalue weighted by Crippen LogP contribution is -2.48. The highest BCUT2D eigenvalue weighted by Crippen LogP contribution is 2.41. The number of anilines is 2. The van der Waals surface area contributed by atoms with Gasteiger partial charge >= 0.3 is 0 Å². The zero-order valence-corrected chi connectivity index (χ0v) is 21.9. The number of carbonyl (C=O) groups excluding carboxylic acids is 2. The number of pyridine rings is 1. The van der Waals surface area contributed by atoms with Crippen LogP contribution in [0.5, 0.6) is 0 Å². The highest BCUT2D eigenvalue weighted by molar-refractivity contribution is 9.10. The Kier molecular flexibility index (Phi) is 6.09. The van der Waals surface area contributed by atoms with Crippen molar-refractivity contribution in [2.45, 2.75) is 45.8 Å². The van der Waals surface area contributed by atoms with Gasteiger partial charge in [0.25, 0.3) is 0 Å². The lowest BCUT2D eigenvalue weighted by atomic mass is 9.84. The van der Waals surface area contributed by atoms with Gasteiger partial charge in [0, 0.05) is 17.5 Å². The molecule has 1 aliphatic rings. The third-order valence-corrected chi connectivity index (χ3v) is 7.61. The molecule has 4 heterocycles. The first-order valence-electron chi connectivity index (χ1n) is 11.6. The molecule has 1 aliphatic heterocycles. The predicted molar refractivity (Wildman–Crippen MR) is 138 cm³/mol. The number of nitrogens with one attached hydrogen (secondary N) is 1. The molecule has 2 atom stereocenters. The van der Waals surface area contributed by atoms with E-state index in [1.165, 1.54) is 10.9 Å². The van der Waals surface area contributed by atoms with E-state index in [0.717, 1.165) is 12.1 Å². The van der Waals surface area contributed by atoms with Crippen molar-refractivity contribution >= 4 is 61.3 Å². The van der Waals surface area contributed by atoms with Gasteiger partial charge in [-0.3, -0.25) is 9.59 Å². The molecule has 9 nitrogen and oxygen atoms in total. The molecule has 0 bridgehead atoms. The molecule has 37 heavy (non-hydrogen) atoms. The van der Waals surface area contributed by atoms with Crippen LogP contribution < -0.4 is 11.1 Å². The molecule has 1 saturated heterocycles. The smallest absolute Gasteiger partial charge is 0.248 e. The van der Waals surface area contributed by atoms with Gasteiger partial charge in [-0.05, 0) is 52.9 Å². The summed E-state index contributed by atoms with van der Waals surface area (Å²) in [5.41, 5.74) is 6.21. The number of amides is 2. The van der Waals surface area contributed by atoms with E-state index in [1.54, 1.807) is 23.1 Å². The molecule has 1 aromatic carbocycles. The van der Waals surface area contributed by atoms with Crippen LogP contribution in [0.3, 0.4) is 0 Å². The van der Waals surface area contributed by atoms with Gasteiger partial charge in [0.15, 0.2) is 11.6 Å². The van der Waals surface area contributed by atoms with Crippen molar-refractivity contribution in [3.05, 3.63) is 52.9 Å². The second-order valence-corrected chi connectivity index (χ2v) is 10.7. The molecule has 3 aromatic heterocycles. The maximum Gasteiger partial charge on any atom is 0.248 e. The Bertz CT molecular complexity index is 1570. The number of likely N-dealkylation sites (tertiary alicyclic amines) is 1. The van der Waals surface area contributed by atoms with E-state index >= 15 is 0 Å². The van der Waals surface area contributed by atoms with Crippen LogP contribution in [0, 0.1) is 17.0 Å². The molecule has 4 aromatic rings. The second-order valence-electron chi connectivity index (χ2n) is 9.85. The Balaban J connectivity index is 1.53. The normalized spacial score (nSPS) is 19.0. The predicted octanol–water partition coefficient (Wildman–Crippen LogP) is 4.26. The first-order chi connectivity index (χ1) is 17.5. The number of benzene rings is 1. The van der Waals surface area contributed by atoms with Crippen LogP contribution in [0.1, 0.15) is 27.2 Å². The highest BCUT2D eigenvalue weighted by atomic mass is 79.9. The summed E-state index contributed by atoms with van der Waals surface area (Å²) in [6.45, 7) is 5.62. The number of fused-ring (bicyclic) bond motifs is 3. The fraction of sp³-hybridized carbons (Fsp3) is 0.320. The molecular formula is C25H24BrF2N7O2. The summed E-state index contributed by atoms with van der Waals surface area (Å²) in [5.74, 6) is -2.41. The fourth-order valence-corrected chi connectivity index (χ4v) is 5.36. The van der Waals surface area contributed by atoms with Crippen LogP contribution in [0.2, 0.25) is 0 Å². The molecule has 0 aliphatic carbocycles. The van der Waals surface area contributed by atoms with Crippen molar-refractivity contribution in [2.75, 3.05) is 11.1 Å². The van der Waals surface area contributed by atoms with E-state index in [0.29, 0.717) is 27.6 Å². The summed E-state index contributed by atoms with van der Waals surface area (Å²) in [5, 5.41) is 3.42.